The number of fused-ring (bicyclic) bond motifs is 15. The van der Waals surface area contributed by atoms with Crippen LogP contribution in [-0.2, 0) is 10.8 Å². The van der Waals surface area contributed by atoms with Crippen molar-refractivity contribution in [1.29, 1.82) is 0 Å². The van der Waals surface area contributed by atoms with Crippen molar-refractivity contribution in [2.45, 2.75) is 38.5 Å². The van der Waals surface area contributed by atoms with Gasteiger partial charge in [0, 0.05) is 10.8 Å². The summed E-state index contributed by atoms with van der Waals surface area (Å²) in [5.74, 6) is 0. The van der Waals surface area contributed by atoms with E-state index in [0.29, 0.717) is 0 Å². The van der Waals surface area contributed by atoms with Crippen LogP contribution >= 0.6 is 0 Å². The molecule has 0 fully saturated rings. The summed E-state index contributed by atoms with van der Waals surface area (Å²) in [6.45, 7) is 9.61. The molecule has 0 unspecified atom stereocenters. The van der Waals surface area contributed by atoms with Crippen LogP contribution in [-0.4, -0.2) is 0 Å². The number of rotatable bonds is 3. The van der Waals surface area contributed by atoms with E-state index in [1.807, 2.05) is 0 Å². The molecule has 0 nitrogen and oxygen atoms in total. The third-order valence-corrected chi connectivity index (χ3v) is 16.6. The molecule has 68 heavy (non-hydrogen) atoms. The number of benzene rings is 12. The Balaban J connectivity index is 1.08. The molecule has 0 saturated carbocycles. The standard InChI is InChI=1S/C68H46/c1-67(2)58-29-13-11-22-46(58)48-33-31-40(35-60(48)67)62-50-24-9-10-25-51(50)63(41-32-34-49-47-23-12-14-30-59(47)68(3,4)61(49)36-41)66-57-38-55-45-21-8-7-20-44(45)54(43-26-15-18-39-17-5-6-19-42(39)43)37-56(55)52-27-16-28-53(64(52)57)65(62)66/h5-38H,1-4H3. The lowest BCUT2D eigenvalue weighted by Crippen LogP contribution is -2.15. The predicted octanol–water partition coefficient (Wildman–Crippen LogP) is 18.7. The van der Waals surface area contributed by atoms with E-state index < -0.39 is 0 Å². The summed E-state index contributed by atoms with van der Waals surface area (Å²) in [6.07, 6.45) is 0. The van der Waals surface area contributed by atoms with Crippen LogP contribution in [0.4, 0.5) is 0 Å². The van der Waals surface area contributed by atoms with Gasteiger partial charge in [-0.15, -0.1) is 0 Å². The van der Waals surface area contributed by atoms with Gasteiger partial charge in [0.05, 0.1) is 0 Å². The van der Waals surface area contributed by atoms with Gasteiger partial charge in [-0.25, -0.2) is 0 Å². The zero-order valence-corrected chi connectivity index (χ0v) is 38.6. The molecule has 0 N–H and O–H groups in total. The first kappa shape index (κ1) is 38.1. The summed E-state index contributed by atoms with van der Waals surface area (Å²) < 4.78 is 0. The zero-order valence-electron chi connectivity index (χ0n) is 38.6. The highest BCUT2D eigenvalue weighted by atomic mass is 14.4. The largest absolute Gasteiger partial charge is 0.0619 e. The van der Waals surface area contributed by atoms with E-state index in [9.17, 15) is 0 Å². The Labute approximate surface area is 396 Å². The van der Waals surface area contributed by atoms with Gasteiger partial charge in [-0.1, -0.05) is 210 Å². The predicted molar refractivity (Wildman–Crippen MR) is 290 cm³/mol. The first-order chi connectivity index (χ1) is 33.3. The summed E-state index contributed by atoms with van der Waals surface area (Å²) in [4.78, 5) is 0. The SMILES string of the molecule is CC1(C)c2ccccc2-c2ccc(-c3c4c(c(-c5ccc6c(c5)C(C)(C)c5ccccc5-6)c5ccccc35)-c3cc5c6ccccc6c(-c6cccc7ccccc67)cc5c5cccc-4c35)cc21. The van der Waals surface area contributed by atoms with Gasteiger partial charge in [0.15, 0.2) is 0 Å². The van der Waals surface area contributed by atoms with Crippen molar-refractivity contribution in [2.75, 3.05) is 0 Å². The van der Waals surface area contributed by atoms with E-state index in [1.54, 1.807) is 0 Å². The summed E-state index contributed by atoms with van der Waals surface area (Å²) >= 11 is 0. The second-order valence-corrected chi connectivity index (χ2v) is 20.7. The quantitative estimate of drug-likeness (QED) is 0.155. The van der Waals surface area contributed by atoms with Crippen LogP contribution in [0.5, 0.6) is 0 Å². The topological polar surface area (TPSA) is 0 Å². The maximum atomic E-state index is 2.57. The van der Waals surface area contributed by atoms with Gasteiger partial charge in [-0.3, -0.25) is 0 Å². The van der Waals surface area contributed by atoms with Crippen molar-refractivity contribution in [3.8, 4) is 77.9 Å². The molecule has 0 spiro atoms. The lowest BCUT2D eigenvalue weighted by atomic mass is 9.78. The van der Waals surface area contributed by atoms with Gasteiger partial charge < -0.3 is 0 Å². The minimum absolute atomic E-state index is 0.126. The molecule has 318 valence electrons. The Kier molecular flexibility index (Phi) is 7.45. The lowest BCUT2D eigenvalue weighted by molar-refractivity contribution is 0.660. The molecule has 0 heteroatoms. The van der Waals surface area contributed by atoms with Gasteiger partial charge in [0.2, 0.25) is 0 Å². The zero-order chi connectivity index (χ0) is 45.2. The van der Waals surface area contributed by atoms with Gasteiger partial charge in [0.25, 0.3) is 0 Å². The van der Waals surface area contributed by atoms with E-state index in [0.717, 1.165) is 0 Å². The van der Waals surface area contributed by atoms with Crippen LogP contribution in [0.2, 0.25) is 0 Å². The molecule has 0 saturated heterocycles. The molecule has 0 radical (unpaired) electrons. The highest BCUT2D eigenvalue weighted by molar-refractivity contribution is 6.33. The molecule has 3 aliphatic rings. The van der Waals surface area contributed by atoms with Gasteiger partial charge >= 0.3 is 0 Å². The minimum atomic E-state index is -0.129. The fourth-order valence-corrected chi connectivity index (χ4v) is 13.4. The van der Waals surface area contributed by atoms with Crippen LogP contribution in [0.25, 0.3) is 132 Å². The van der Waals surface area contributed by atoms with E-state index in [4.69, 9.17) is 0 Å². The van der Waals surface area contributed by atoms with Gasteiger partial charge in [0.1, 0.15) is 0 Å². The van der Waals surface area contributed by atoms with Gasteiger partial charge in [-0.05, 0) is 178 Å². The fourth-order valence-electron chi connectivity index (χ4n) is 13.4. The van der Waals surface area contributed by atoms with E-state index in [1.165, 1.54) is 154 Å². The van der Waals surface area contributed by atoms with Crippen molar-refractivity contribution in [3.05, 3.63) is 229 Å². The summed E-state index contributed by atoms with van der Waals surface area (Å²) in [5, 5.41) is 12.9. The molecule has 12 aromatic rings. The van der Waals surface area contributed by atoms with Crippen LogP contribution in [0.15, 0.2) is 206 Å². The Bertz CT molecular complexity index is 4240. The Morgan fingerprint density at radius 2 is 0.662 bits per heavy atom. The van der Waals surface area contributed by atoms with Crippen LogP contribution in [0.1, 0.15) is 49.9 Å². The number of hydrogen-bond acceptors (Lipinski definition) is 0. The first-order valence-corrected chi connectivity index (χ1v) is 24.3. The van der Waals surface area contributed by atoms with Crippen LogP contribution < -0.4 is 0 Å². The molecular formula is C68H46. The number of hydrogen-bond donors (Lipinski definition) is 0. The molecule has 0 amide bonds. The Hall–Kier alpha value is -8.06. The van der Waals surface area contributed by atoms with Gasteiger partial charge in [-0.2, -0.15) is 0 Å². The fraction of sp³-hybridized carbons (Fsp3) is 0.0882. The van der Waals surface area contributed by atoms with E-state index in [2.05, 4.69) is 234 Å². The second kappa shape index (κ2) is 13.3. The first-order valence-electron chi connectivity index (χ1n) is 24.3. The molecule has 15 rings (SSSR count). The molecule has 0 heterocycles. The summed E-state index contributed by atoms with van der Waals surface area (Å²) in [5.41, 5.74) is 23.8. The highest BCUT2D eigenvalue weighted by Crippen LogP contribution is 2.61. The second-order valence-electron chi connectivity index (χ2n) is 20.7. The average Bonchev–Trinajstić information content (AvgIpc) is 3.92. The molecule has 12 aromatic carbocycles. The molecule has 0 aliphatic heterocycles. The van der Waals surface area contributed by atoms with Crippen molar-refractivity contribution in [3.63, 3.8) is 0 Å². The monoisotopic (exact) mass is 862 g/mol. The molecule has 0 bridgehead atoms. The maximum Gasteiger partial charge on any atom is 0.0159 e. The lowest BCUT2D eigenvalue weighted by Gasteiger charge is -2.25. The third kappa shape index (κ3) is 4.84. The smallest absolute Gasteiger partial charge is 0.0159 e. The van der Waals surface area contributed by atoms with E-state index in [-0.39, 0.29) is 10.8 Å². The highest BCUT2D eigenvalue weighted by Gasteiger charge is 2.39. The molecule has 3 aliphatic carbocycles. The van der Waals surface area contributed by atoms with Crippen LogP contribution in [0.3, 0.4) is 0 Å². The van der Waals surface area contributed by atoms with Crippen molar-refractivity contribution < 1.29 is 0 Å². The van der Waals surface area contributed by atoms with Crippen molar-refractivity contribution in [2.24, 2.45) is 0 Å². The molecular weight excluding hydrogens is 817 g/mol. The third-order valence-electron chi connectivity index (χ3n) is 16.6. The van der Waals surface area contributed by atoms with Crippen molar-refractivity contribution >= 4 is 53.9 Å². The molecule has 0 atom stereocenters. The Morgan fingerprint density at radius 3 is 1.31 bits per heavy atom. The maximum absolute atomic E-state index is 2.57. The van der Waals surface area contributed by atoms with E-state index >= 15 is 0 Å². The summed E-state index contributed by atoms with van der Waals surface area (Å²) in [6, 6.07) is 78.9. The Morgan fingerprint density at radius 1 is 0.235 bits per heavy atom. The van der Waals surface area contributed by atoms with Crippen LogP contribution in [0, 0.1) is 0 Å². The normalized spacial score (nSPS) is 14.4. The average molecular weight is 863 g/mol. The molecule has 0 aromatic heterocycles. The minimum Gasteiger partial charge on any atom is -0.0619 e. The van der Waals surface area contributed by atoms with Crippen molar-refractivity contribution in [1.82, 2.24) is 0 Å². The summed E-state index contributed by atoms with van der Waals surface area (Å²) in [7, 11) is 0.